The third-order valence-electron chi connectivity index (χ3n) is 8.86. The molecule has 11 heteroatoms. The van der Waals surface area contributed by atoms with Gasteiger partial charge in [0.2, 0.25) is 0 Å². The number of anilines is 2. The zero-order valence-electron chi connectivity index (χ0n) is 29.5. The summed E-state index contributed by atoms with van der Waals surface area (Å²) in [6, 6.07) is 20.5. The van der Waals surface area contributed by atoms with Crippen LogP contribution in [0.4, 0.5) is 11.4 Å². The summed E-state index contributed by atoms with van der Waals surface area (Å²) in [5.41, 5.74) is 7.46. The first-order chi connectivity index (χ1) is 24.1. The molecule has 0 bridgehead atoms. The Labute approximate surface area is 299 Å². The van der Waals surface area contributed by atoms with Crippen LogP contribution in [0.25, 0.3) is 0 Å². The number of nitrogens with zero attached hydrogens (tertiary/aromatic N) is 2. The third-order valence-corrected chi connectivity index (χ3v) is 9.16. The van der Waals surface area contributed by atoms with Crippen molar-refractivity contribution < 1.29 is 28.5 Å². The van der Waals surface area contributed by atoms with Crippen LogP contribution >= 0.6 is 11.6 Å². The van der Waals surface area contributed by atoms with E-state index in [1.165, 1.54) is 29.4 Å². The van der Waals surface area contributed by atoms with E-state index in [0.29, 0.717) is 45.8 Å². The zero-order chi connectivity index (χ0) is 35.8. The Morgan fingerprint density at radius 2 is 1.24 bits per heavy atom. The average molecular weight is 701 g/mol. The van der Waals surface area contributed by atoms with Gasteiger partial charge in [-0.25, -0.2) is 0 Å². The normalized spacial score (nSPS) is 13.9. The number of hydrogen-bond donors (Lipinski definition) is 2. The smallest absolute Gasteiger partial charge is 0.259 e. The first kappa shape index (κ1) is 36.5. The third kappa shape index (κ3) is 8.50. The molecule has 0 atom stereocenters. The molecule has 2 aliphatic heterocycles. The highest BCUT2D eigenvalue weighted by Gasteiger charge is 2.22. The maximum absolute atomic E-state index is 12.9. The molecule has 2 amide bonds. The number of likely N-dealkylation sites (N-methyl/N-ethyl adjacent to an activating group) is 2. The lowest BCUT2D eigenvalue weighted by Gasteiger charge is -2.26. The van der Waals surface area contributed by atoms with E-state index in [1.807, 2.05) is 31.2 Å². The van der Waals surface area contributed by atoms with Crippen molar-refractivity contribution >= 4 is 34.8 Å². The lowest BCUT2D eigenvalue weighted by Crippen LogP contribution is -2.27. The van der Waals surface area contributed by atoms with Crippen LogP contribution in [0.5, 0.6) is 23.0 Å². The minimum Gasteiger partial charge on any atom is -0.497 e. The summed E-state index contributed by atoms with van der Waals surface area (Å²) in [4.78, 5) is 30.2. The molecule has 2 N–H and O–H groups in total. The number of carbonyl (C=O) groups excluding carboxylic acids is 2. The van der Waals surface area contributed by atoms with Crippen molar-refractivity contribution in [2.24, 2.45) is 0 Å². The second kappa shape index (κ2) is 16.8. The second-order valence-corrected chi connectivity index (χ2v) is 12.7. The molecule has 6 rings (SSSR count). The van der Waals surface area contributed by atoms with Gasteiger partial charge in [0, 0.05) is 43.6 Å². The standard InChI is InChI=1S/C20H23ClN2O3.C19H22N2O3/c1-4-26-19-11-18(25-3)15(10-16(19)21)20(24)22-17-7-5-6-13-12-23(2)9-8-14(13)17;1-21-10-9-15-13(12-21)5-4-6-17(15)20-19(22)16-11-14(23-2)7-8-18(16)24-3/h5-7,10-11H,4,8-9,12H2,1-3H3,(H,22,24);4-8,11H,9-10,12H2,1-3H3,(H,20,22). The van der Waals surface area contributed by atoms with Gasteiger partial charge in [-0.05, 0) is 92.5 Å². The van der Waals surface area contributed by atoms with Gasteiger partial charge in [0.15, 0.2) is 0 Å². The molecule has 0 unspecified atom stereocenters. The van der Waals surface area contributed by atoms with Gasteiger partial charge in [0.25, 0.3) is 11.8 Å². The van der Waals surface area contributed by atoms with Crippen LogP contribution < -0.4 is 29.6 Å². The summed E-state index contributed by atoms with van der Waals surface area (Å²) < 4.78 is 21.4. The van der Waals surface area contributed by atoms with Crippen molar-refractivity contribution in [3.8, 4) is 23.0 Å². The highest BCUT2D eigenvalue weighted by molar-refractivity contribution is 6.32. The Kier molecular flexibility index (Phi) is 12.2. The average Bonchev–Trinajstić information content (AvgIpc) is 3.12. The molecular weight excluding hydrogens is 656 g/mol. The maximum atomic E-state index is 12.9. The van der Waals surface area contributed by atoms with Gasteiger partial charge in [-0.3, -0.25) is 9.59 Å². The number of halogens is 1. The van der Waals surface area contributed by atoms with Crippen molar-refractivity contribution in [1.29, 1.82) is 0 Å². The molecule has 0 fully saturated rings. The number of methoxy groups -OCH3 is 3. The van der Waals surface area contributed by atoms with Crippen molar-refractivity contribution in [1.82, 2.24) is 9.80 Å². The molecule has 2 heterocycles. The topological polar surface area (TPSA) is 102 Å². The van der Waals surface area contributed by atoms with E-state index in [2.05, 4.69) is 46.7 Å². The Bertz CT molecular complexity index is 1850. The van der Waals surface area contributed by atoms with Gasteiger partial charge in [0.1, 0.15) is 23.0 Å². The fourth-order valence-electron chi connectivity index (χ4n) is 6.25. The molecule has 0 saturated heterocycles. The van der Waals surface area contributed by atoms with Crippen molar-refractivity contribution in [3.63, 3.8) is 0 Å². The zero-order valence-corrected chi connectivity index (χ0v) is 30.3. The Morgan fingerprint density at radius 3 is 1.74 bits per heavy atom. The number of ether oxygens (including phenoxy) is 4. The van der Waals surface area contributed by atoms with Crippen LogP contribution in [-0.2, 0) is 25.9 Å². The molecule has 0 aromatic heterocycles. The Balaban J connectivity index is 0.000000195. The van der Waals surface area contributed by atoms with Gasteiger partial charge in [0.05, 0.1) is 44.1 Å². The van der Waals surface area contributed by atoms with E-state index in [0.717, 1.165) is 50.4 Å². The molecular formula is C39H45ClN4O6. The predicted octanol–water partition coefficient (Wildman–Crippen LogP) is 6.93. The van der Waals surface area contributed by atoms with Crippen LogP contribution in [0.2, 0.25) is 5.02 Å². The molecule has 2 aliphatic rings. The summed E-state index contributed by atoms with van der Waals surface area (Å²) in [5.74, 6) is 1.63. The van der Waals surface area contributed by atoms with Crippen LogP contribution in [-0.4, -0.2) is 76.7 Å². The molecule has 0 saturated carbocycles. The predicted molar refractivity (Wildman–Crippen MR) is 198 cm³/mol. The van der Waals surface area contributed by atoms with E-state index in [4.69, 9.17) is 30.5 Å². The van der Waals surface area contributed by atoms with Crippen LogP contribution in [0.15, 0.2) is 66.7 Å². The number of benzene rings is 4. The fourth-order valence-corrected chi connectivity index (χ4v) is 6.47. The van der Waals surface area contributed by atoms with Crippen molar-refractivity contribution in [2.45, 2.75) is 32.9 Å². The van der Waals surface area contributed by atoms with Gasteiger partial charge >= 0.3 is 0 Å². The minimum atomic E-state index is -0.251. The number of amides is 2. The highest BCUT2D eigenvalue weighted by atomic mass is 35.5. The van der Waals surface area contributed by atoms with Gasteiger partial charge < -0.3 is 39.4 Å². The maximum Gasteiger partial charge on any atom is 0.259 e. The minimum absolute atomic E-state index is 0.196. The van der Waals surface area contributed by atoms with E-state index in [1.54, 1.807) is 44.6 Å². The Morgan fingerprint density at radius 1 is 0.700 bits per heavy atom. The fraction of sp³-hybridized carbons (Fsp3) is 0.333. The van der Waals surface area contributed by atoms with E-state index >= 15 is 0 Å². The molecule has 0 aliphatic carbocycles. The van der Waals surface area contributed by atoms with Gasteiger partial charge in [-0.1, -0.05) is 35.9 Å². The quantitative estimate of drug-likeness (QED) is 0.194. The largest absolute Gasteiger partial charge is 0.497 e. The van der Waals surface area contributed by atoms with Crippen LogP contribution in [0.3, 0.4) is 0 Å². The van der Waals surface area contributed by atoms with Crippen LogP contribution in [0.1, 0.15) is 49.9 Å². The molecule has 4 aromatic carbocycles. The summed E-state index contributed by atoms with van der Waals surface area (Å²) in [6.45, 7) is 6.11. The first-order valence-corrected chi connectivity index (χ1v) is 17.0. The lowest BCUT2D eigenvalue weighted by molar-refractivity contribution is 0.101. The number of fused-ring (bicyclic) bond motifs is 2. The lowest BCUT2D eigenvalue weighted by atomic mass is 9.98. The molecule has 4 aromatic rings. The van der Waals surface area contributed by atoms with Crippen molar-refractivity contribution in [3.05, 3.63) is 105 Å². The summed E-state index contributed by atoms with van der Waals surface area (Å²) in [6.07, 6.45) is 1.83. The number of nitrogens with one attached hydrogen (secondary N) is 2. The monoisotopic (exact) mass is 700 g/mol. The number of hydrogen-bond acceptors (Lipinski definition) is 8. The second-order valence-electron chi connectivity index (χ2n) is 12.3. The SMILES string of the molecule is CCOc1cc(OC)c(C(=O)Nc2cccc3c2CCN(C)C3)cc1Cl.COc1ccc(OC)c(C(=O)Nc2cccc3c2CCN(C)C3)c1. The van der Waals surface area contributed by atoms with Gasteiger partial charge in [-0.15, -0.1) is 0 Å². The molecule has 10 nitrogen and oxygen atoms in total. The molecule has 0 spiro atoms. The van der Waals surface area contributed by atoms with Gasteiger partial charge in [-0.2, -0.15) is 0 Å². The first-order valence-electron chi connectivity index (χ1n) is 16.6. The van der Waals surface area contributed by atoms with E-state index < -0.39 is 0 Å². The number of rotatable bonds is 9. The number of carbonyl (C=O) groups is 2. The molecule has 0 radical (unpaired) electrons. The Hall–Kier alpha value is -4.77. The summed E-state index contributed by atoms with van der Waals surface area (Å²) in [7, 11) is 8.86. The van der Waals surface area contributed by atoms with E-state index in [-0.39, 0.29) is 11.8 Å². The summed E-state index contributed by atoms with van der Waals surface area (Å²) >= 11 is 6.25. The summed E-state index contributed by atoms with van der Waals surface area (Å²) in [5, 5.41) is 6.44. The molecule has 264 valence electrons. The molecule has 50 heavy (non-hydrogen) atoms. The van der Waals surface area contributed by atoms with E-state index in [9.17, 15) is 9.59 Å². The van der Waals surface area contributed by atoms with Crippen molar-refractivity contribution in [2.75, 3.05) is 65.8 Å². The highest BCUT2D eigenvalue weighted by Crippen LogP contribution is 2.34. The van der Waals surface area contributed by atoms with Crippen LogP contribution in [0, 0.1) is 0 Å².